The first-order valence-electron chi connectivity index (χ1n) is 10.2. The Bertz CT molecular complexity index is 1310. The van der Waals surface area contributed by atoms with E-state index in [0.717, 1.165) is 10.2 Å². The Morgan fingerprint density at radius 1 is 1.09 bits per heavy atom. The molecule has 2 aromatic carbocycles. The van der Waals surface area contributed by atoms with Gasteiger partial charge in [-0.3, -0.25) is 4.79 Å². The second kappa shape index (κ2) is 9.05. The minimum atomic E-state index is -3.64. The predicted octanol–water partition coefficient (Wildman–Crippen LogP) is 2.79. The lowest BCUT2D eigenvalue weighted by Gasteiger charge is -2.30. The standard InChI is InChI=1S/C22H25N3O5S2/c1-24-19-17(29-2)11-12-18(30-3)20(19)31-22(24)23-21(26)15-8-7-13-25(14-15)32(27,28)16-9-5-4-6-10-16/h4-6,9-12,15H,7-8,13-14H2,1-3H3. The van der Waals surface area contributed by atoms with Crippen LogP contribution in [-0.2, 0) is 21.9 Å². The molecule has 32 heavy (non-hydrogen) atoms. The lowest BCUT2D eigenvalue weighted by Crippen LogP contribution is -2.42. The van der Waals surface area contributed by atoms with E-state index in [-0.39, 0.29) is 17.3 Å². The fourth-order valence-electron chi connectivity index (χ4n) is 3.92. The average molecular weight is 476 g/mol. The monoisotopic (exact) mass is 475 g/mol. The summed E-state index contributed by atoms with van der Waals surface area (Å²) in [6, 6.07) is 11.9. The molecular weight excluding hydrogens is 450 g/mol. The Morgan fingerprint density at radius 3 is 2.47 bits per heavy atom. The summed E-state index contributed by atoms with van der Waals surface area (Å²) >= 11 is 1.34. The minimum absolute atomic E-state index is 0.126. The van der Waals surface area contributed by atoms with Gasteiger partial charge in [-0.05, 0) is 37.1 Å². The number of hydrogen-bond donors (Lipinski definition) is 0. The van der Waals surface area contributed by atoms with E-state index in [4.69, 9.17) is 9.47 Å². The molecule has 0 bridgehead atoms. The Hall–Kier alpha value is -2.69. The van der Waals surface area contributed by atoms with Crippen LogP contribution in [-0.4, -0.2) is 50.5 Å². The molecule has 0 saturated carbocycles. The van der Waals surface area contributed by atoms with Crippen molar-refractivity contribution in [3.05, 3.63) is 47.3 Å². The number of nitrogens with zero attached hydrogens (tertiary/aromatic N) is 3. The van der Waals surface area contributed by atoms with Crippen molar-refractivity contribution in [2.45, 2.75) is 17.7 Å². The topological polar surface area (TPSA) is 90.2 Å². The van der Waals surface area contributed by atoms with E-state index in [1.54, 1.807) is 49.1 Å². The van der Waals surface area contributed by atoms with Gasteiger partial charge in [-0.25, -0.2) is 8.42 Å². The van der Waals surface area contributed by atoms with Crippen LogP contribution >= 0.6 is 11.3 Å². The van der Waals surface area contributed by atoms with Crippen LogP contribution in [0.25, 0.3) is 10.2 Å². The molecule has 3 aromatic rings. The van der Waals surface area contributed by atoms with E-state index < -0.39 is 15.9 Å². The van der Waals surface area contributed by atoms with Crippen molar-refractivity contribution >= 4 is 37.5 Å². The van der Waals surface area contributed by atoms with E-state index in [2.05, 4.69) is 4.99 Å². The maximum absolute atomic E-state index is 13.1. The molecule has 4 rings (SSSR count). The van der Waals surface area contributed by atoms with Crippen molar-refractivity contribution in [3.8, 4) is 11.5 Å². The van der Waals surface area contributed by atoms with Crippen molar-refractivity contribution in [2.24, 2.45) is 18.0 Å². The van der Waals surface area contributed by atoms with Gasteiger partial charge in [0, 0.05) is 20.1 Å². The van der Waals surface area contributed by atoms with E-state index in [0.29, 0.717) is 35.7 Å². The second-order valence-electron chi connectivity index (χ2n) is 7.56. The highest BCUT2D eigenvalue weighted by Gasteiger charge is 2.33. The molecule has 10 heteroatoms. The molecule has 1 saturated heterocycles. The van der Waals surface area contributed by atoms with Gasteiger partial charge in [0.25, 0.3) is 5.91 Å². The average Bonchev–Trinajstić information content (AvgIpc) is 3.15. The maximum Gasteiger partial charge on any atom is 0.252 e. The van der Waals surface area contributed by atoms with Crippen LogP contribution in [0.1, 0.15) is 12.8 Å². The van der Waals surface area contributed by atoms with Crippen LogP contribution in [0.3, 0.4) is 0 Å². The van der Waals surface area contributed by atoms with E-state index in [1.807, 2.05) is 19.2 Å². The largest absolute Gasteiger partial charge is 0.495 e. The highest BCUT2D eigenvalue weighted by atomic mass is 32.2. The van der Waals surface area contributed by atoms with Gasteiger partial charge in [0.2, 0.25) is 10.0 Å². The number of rotatable bonds is 5. The fraction of sp³-hybridized carbons (Fsp3) is 0.364. The van der Waals surface area contributed by atoms with Gasteiger partial charge < -0.3 is 14.0 Å². The number of aromatic nitrogens is 1. The zero-order valence-corrected chi connectivity index (χ0v) is 19.8. The smallest absolute Gasteiger partial charge is 0.252 e. The van der Waals surface area contributed by atoms with Gasteiger partial charge >= 0.3 is 0 Å². The zero-order valence-electron chi connectivity index (χ0n) is 18.1. The van der Waals surface area contributed by atoms with Crippen LogP contribution in [0.4, 0.5) is 0 Å². The summed E-state index contributed by atoms with van der Waals surface area (Å²) in [5.74, 6) is 0.522. The van der Waals surface area contributed by atoms with Crippen LogP contribution < -0.4 is 14.3 Å². The number of fused-ring (bicyclic) bond motifs is 1. The number of piperidine rings is 1. The molecule has 0 spiro atoms. The van der Waals surface area contributed by atoms with Crippen molar-refractivity contribution in [1.82, 2.24) is 8.87 Å². The molecule has 1 fully saturated rings. The highest BCUT2D eigenvalue weighted by Crippen LogP contribution is 2.34. The van der Waals surface area contributed by atoms with Gasteiger partial charge in [0.1, 0.15) is 21.7 Å². The third kappa shape index (κ3) is 4.05. The van der Waals surface area contributed by atoms with Gasteiger partial charge in [-0.15, -0.1) is 0 Å². The van der Waals surface area contributed by atoms with Gasteiger partial charge in [0.15, 0.2) is 4.80 Å². The molecule has 1 aliphatic heterocycles. The second-order valence-corrected chi connectivity index (χ2v) is 10.5. The number of methoxy groups -OCH3 is 2. The molecule has 1 aliphatic rings. The first-order chi connectivity index (χ1) is 15.4. The number of hydrogen-bond acceptors (Lipinski definition) is 6. The molecule has 8 nitrogen and oxygen atoms in total. The van der Waals surface area contributed by atoms with Crippen molar-refractivity contribution < 1.29 is 22.7 Å². The number of ether oxygens (including phenoxy) is 2. The third-order valence-electron chi connectivity index (χ3n) is 5.63. The summed E-state index contributed by atoms with van der Waals surface area (Å²) in [6.07, 6.45) is 1.21. The predicted molar refractivity (Wildman–Crippen MR) is 122 cm³/mol. The van der Waals surface area contributed by atoms with Crippen molar-refractivity contribution in [1.29, 1.82) is 0 Å². The molecule has 0 radical (unpaired) electrons. The summed E-state index contributed by atoms with van der Waals surface area (Å²) in [5.41, 5.74) is 0.792. The Morgan fingerprint density at radius 2 is 1.78 bits per heavy atom. The summed E-state index contributed by atoms with van der Waals surface area (Å²) in [6.45, 7) is 0.521. The molecule has 0 N–H and O–H groups in total. The third-order valence-corrected chi connectivity index (χ3v) is 8.66. The lowest BCUT2D eigenvalue weighted by atomic mass is 9.99. The normalized spacial score (nSPS) is 18.1. The molecule has 1 aromatic heterocycles. The van der Waals surface area contributed by atoms with Crippen molar-refractivity contribution in [3.63, 3.8) is 0 Å². The Labute approximate surface area is 190 Å². The number of aryl methyl sites for hydroxylation is 1. The van der Waals surface area contributed by atoms with E-state index >= 15 is 0 Å². The number of amides is 1. The lowest BCUT2D eigenvalue weighted by molar-refractivity contribution is -0.122. The first kappa shape index (κ1) is 22.5. The summed E-state index contributed by atoms with van der Waals surface area (Å²) in [5, 5.41) is 0. The van der Waals surface area contributed by atoms with Crippen molar-refractivity contribution in [2.75, 3.05) is 27.3 Å². The van der Waals surface area contributed by atoms with Gasteiger partial charge in [-0.2, -0.15) is 9.30 Å². The van der Waals surface area contributed by atoms with E-state index in [1.165, 1.54) is 15.6 Å². The number of sulfonamides is 1. The Kier molecular flexibility index (Phi) is 6.36. The fourth-order valence-corrected chi connectivity index (χ4v) is 6.60. The summed E-state index contributed by atoms with van der Waals surface area (Å²) < 4.78 is 40.9. The number of carbonyl (C=O) groups is 1. The number of carbonyl (C=O) groups excluding carboxylic acids is 1. The van der Waals surface area contributed by atoms with Crippen LogP contribution in [0.15, 0.2) is 52.4 Å². The molecule has 1 unspecified atom stereocenters. The first-order valence-corrected chi connectivity index (χ1v) is 12.5. The van der Waals surface area contributed by atoms with Crippen LogP contribution in [0.5, 0.6) is 11.5 Å². The molecular formula is C22H25N3O5S2. The SMILES string of the molecule is COc1ccc(OC)c2c1sc(=NC(=O)C1CCCN(S(=O)(=O)c3ccccc3)C1)n2C. The van der Waals surface area contributed by atoms with Crippen LogP contribution in [0, 0.1) is 5.92 Å². The zero-order chi connectivity index (χ0) is 22.9. The Balaban J connectivity index is 1.65. The maximum atomic E-state index is 13.1. The highest BCUT2D eigenvalue weighted by molar-refractivity contribution is 7.89. The molecule has 170 valence electrons. The van der Waals surface area contributed by atoms with E-state index in [9.17, 15) is 13.2 Å². The van der Waals surface area contributed by atoms with Gasteiger partial charge in [0.05, 0.1) is 25.0 Å². The molecule has 0 aliphatic carbocycles. The molecule has 1 atom stereocenters. The van der Waals surface area contributed by atoms with Gasteiger partial charge in [-0.1, -0.05) is 29.5 Å². The summed E-state index contributed by atoms with van der Waals surface area (Å²) in [4.78, 5) is 18.2. The quantitative estimate of drug-likeness (QED) is 0.566. The molecule has 1 amide bonds. The van der Waals surface area contributed by atoms with Crippen LogP contribution in [0.2, 0.25) is 0 Å². The number of thiazole rings is 1. The minimum Gasteiger partial charge on any atom is -0.495 e. The summed E-state index contributed by atoms with van der Waals surface area (Å²) in [7, 11) is 1.35. The molecule has 2 heterocycles. The number of benzene rings is 2.